The third-order valence-corrected chi connectivity index (χ3v) is 13.4. The van der Waals surface area contributed by atoms with Gasteiger partial charge >= 0.3 is 5.97 Å². The molecule has 55 heavy (non-hydrogen) atoms. The maximum absolute atomic E-state index is 14.7. The molecule has 6 rings (SSSR count). The van der Waals surface area contributed by atoms with E-state index in [0.29, 0.717) is 56.6 Å². The first-order valence-electron chi connectivity index (χ1n) is 21.1. The Balaban J connectivity index is 1.26. The molecule has 4 fully saturated rings. The number of aliphatic hydroxyl groups excluding tert-OH is 1. The van der Waals surface area contributed by atoms with Gasteiger partial charge in [0.2, 0.25) is 0 Å². The first-order valence-corrected chi connectivity index (χ1v) is 21.1. The fourth-order valence-electron chi connectivity index (χ4n) is 10.4. The highest BCUT2D eigenvalue weighted by Crippen LogP contribution is 2.61. The number of aliphatic hydroxyl groups is 1. The van der Waals surface area contributed by atoms with Gasteiger partial charge in [-0.15, -0.1) is 0 Å². The van der Waals surface area contributed by atoms with Crippen molar-refractivity contribution in [1.29, 1.82) is 0 Å². The number of rotatable bonds is 17. The van der Waals surface area contributed by atoms with Crippen LogP contribution in [0, 0.1) is 29.6 Å². The van der Waals surface area contributed by atoms with Gasteiger partial charge in [-0.2, -0.15) is 0 Å². The summed E-state index contributed by atoms with van der Waals surface area (Å²) in [5.41, 5.74) is 5.01. The van der Waals surface area contributed by atoms with Gasteiger partial charge in [-0.25, -0.2) is 4.79 Å². The average Bonchev–Trinajstić information content (AvgIpc) is 3.92. The van der Waals surface area contributed by atoms with Crippen molar-refractivity contribution in [3.63, 3.8) is 0 Å². The molecule has 2 aliphatic heterocycles. The Bertz CT molecular complexity index is 1510. The largest absolute Gasteiger partial charge is 0.459 e. The molecule has 11 unspecified atom stereocenters. The van der Waals surface area contributed by atoms with Crippen LogP contribution < -0.4 is 32.3 Å². The van der Waals surface area contributed by atoms with E-state index < -0.39 is 35.1 Å². The number of carbonyl (C=O) groups excluding carboxylic acids is 3. The molecule has 13 heteroatoms. The minimum Gasteiger partial charge on any atom is -0.459 e. The fraction of sp³-hybridized carbons (Fsp3) is 0.762. The van der Waals surface area contributed by atoms with Gasteiger partial charge in [-0.3, -0.25) is 19.9 Å². The summed E-state index contributed by atoms with van der Waals surface area (Å²) in [6, 6.07) is -0.0427. The number of esters is 1. The Morgan fingerprint density at radius 3 is 2.67 bits per heavy atom. The molecule has 0 radical (unpaired) electrons. The van der Waals surface area contributed by atoms with Crippen LogP contribution in [0.1, 0.15) is 97.3 Å². The molecule has 2 saturated heterocycles. The lowest BCUT2D eigenvalue weighted by atomic mass is 9.61. The zero-order valence-electron chi connectivity index (χ0n) is 33.5. The van der Waals surface area contributed by atoms with Crippen LogP contribution in [0.5, 0.6) is 0 Å². The van der Waals surface area contributed by atoms with E-state index in [1.165, 1.54) is 5.57 Å². The number of allylic oxidation sites excluding steroid dienone is 3. The van der Waals surface area contributed by atoms with E-state index in [2.05, 4.69) is 56.7 Å². The van der Waals surface area contributed by atoms with E-state index in [-0.39, 0.29) is 48.8 Å². The number of likely N-dealkylation sites (N-methyl/N-ethyl adjacent to an activating group) is 1. The molecule has 0 amide bonds. The van der Waals surface area contributed by atoms with Crippen LogP contribution >= 0.6 is 0 Å². The molecule has 0 aromatic rings. The quantitative estimate of drug-likeness (QED) is 0.0218. The molecule has 6 aliphatic rings. The summed E-state index contributed by atoms with van der Waals surface area (Å²) in [5, 5.41) is 27.1. The van der Waals surface area contributed by atoms with Crippen LogP contribution in [-0.4, -0.2) is 105 Å². The number of nitrogens with one attached hydrogen (secondary N) is 5. The van der Waals surface area contributed by atoms with E-state index in [1.54, 1.807) is 7.05 Å². The SMILES string of the molecule is CCNC1C=C2C=CCCC2CC1C(CCCO)OC(=O)C12OC1(CC=C(C)CC(NC(N)=NC)C1CCNC(NCNC)C1)C(=O)C1CCCCC1C2=O. The normalized spacial score (nSPS) is 35.9. The van der Waals surface area contributed by atoms with Crippen molar-refractivity contribution >= 4 is 23.5 Å². The van der Waals surface area contributed by atoms with E-state index in [0.717, 1.165) is 63.6 Å². The molecular weight excluding hydrogens is 699 g/mol. The molecule has 0 spiro atoms. The van der Waals surface area contributed by atoms with Crippen molar-refractivity contribution in [2.75, 3.05) is 40.5 Å². The number of fused-ring (bicyclic) bond motifs is 3. The number of aliphatic imine (C=N–C) groups is 1. The Morgan fingerprint density at radius 1 is 1.16 bits per heavy atom. The summed E-state index contributed by atoms with van der Waals surface area (Å²) >= 11 is 0. The number of Topliss-reactive ketones (excluding diaryl/α,β-unsaturated/α-hetero) is 2. The van der Waals surface area contributed by atoms with Gasteiger partial charge in [-0.1, -0.05) is 49.6 Å². The molecule has 11 atom stereocenters. The van der Waals surface area contributed by atoms with Crippen molar-refractivity contribution < 1.29 is 29.0 Å². The molecule has 0 bridgehead atoms. The van der Waals surface area contributed by atoms with Crippen LogP contribution in [0.4, 0.5) is 0 Å². The second kappa shape index (κ2) is 18.5. The first-order chi connectivity index (χ1) is 26.6. The standard InChI is InChI=1S/C42H67N7O6/c1-5-46-34-23-28-12-7-6-11-27(28)22-32(34)35(15-10-20-50)54-39(53)42-38(52)31-14-9-8-13-30(31)37(51)41(42,55-42)18-16-26(2)21-33(49-40(43)45-4)29-17-19-47-36(24-29)48-25-44-3/h7,12,16,23,27,29-36,44,46-48,50H,5-6,8-11,13-15,17-22,24-25H2,1-4H3,(H3,43,45,49). The molecule has 13 nitrogen and oxygen atoms in total. The van der Waals surface area contributed by atoms with E-state index >= 15 is 0 Å². The van der Waals surface area contributed by atoms with Crippen LogP contribution in [0.15, 0.2) is 40.4 Å². The van der Waals surface area contributed by atoms with Gasteiger partial charge in [0.15, 0.2) is 23.1 Å². The number of ether oxygens (including phenoxy) is 2. The molecule has 0 aromatic heterocycles. The maximum atomic E-state index is 14.7. The van der Waals surface area contributed by atoms with Gasteiger partial charge in [0.05, 0.1) is 6.17 Å². The second-order valence-electron chi connectivity index (χ2n) is 16.8. The molecular formula is C42H67N7O6. The molecule has 8 N–H and O–H groups in total. The average molecular weight is 766 g/mol. The summed E-state index contributed by atoms with van der Waals surface area (Å²) in [7, 11) is 3.58. The summed E-state index contributed by atoms with van der Waals surface area (Å²) in [5.74, 6) is -1.18. The molecule has 306 valence electrons. The number of carbonyl (C=O) groups is 3. The molecule has 2 saturated carbocycles. The lowest BCUT2D eigenvalue weighted by Crippen LogP contribution is -2.59. The second-order valence-corrected chi connectivity index (χ2v) is 16.8. The van der Waals surface area contributed by atoms with Crippen molar-refractivity contribution in [3.05, 3.63) is 35.5 Å². The zero-order valence-corrected chi connectivity index (χ0v) is 33.5. The monoisotopic (exact) mass is 766 g/mol. The fourth-order valence-corrected chi connectivity index (χ4v) is 10.4. The number of hydrogen-bond acceptors (Lipinski definition) is 11. The van der Waals surface area contributed by atoms with Gasteiger partial charge in [-0.05, 0) is 109 Å². The van der Waals surface area contributed by atoms with Crippen LogP contribution in [-0.2, 0) is 23.9 Å². The summed E-state index contributed by atoms with van der Waals surface area (Å²) < 4.78 is 12.9. The number of nitrogens with two attached hydrogens (primary N) is 1. The summed E-state index contributed by atoms with van der Waals surface area (Å²) in [6.07, 6.45) is 17.6. The summed E-state index contributed by atoms with van der Waals surface area (Å²) in [4.78, 5) is 48.1. The number of guanidine groups is 1. The highest BCUT2D eigenvalue weighted by Gasteiger charge is 2.87. The summed E-state index contributed by atoms with van der Waals surface area (Å²) in [6.45, 7) is 6.36. The van der Waals surface area contributed by atoms with Gasteiger partial charge in [0, 0.05) is 56.6 Å². The van der Waals surface area contributed by atoms with Crippen molar-refractivity contribution in [2.45, 2.75) is 133 Å². The zero-order chi connectivity index (χ0) is 39.2. The predicted octanol–water partition coefficient (Wildman–Crippen LogP) is 2.75. The Labute approximate surface area is 327 Å². The molecule has 0 aromatic carbocycles. The molecule has 4 aliphatic carbocycles. The lowest BCUT2D eigenvalue weighted by Gasteiger charge is -2.41. The van der Waals surface area contributed by atoms with Gasteiger partial charge in [0.1, 0.15) is 6.10 Å². The molecule has 2 heterocycles. The van der Waals surface area contributed by atoms with E-state index in [9.17, 15) is 19.5 Å². The third kappa shape index (κ3) is 8.67. The van der Waals surface area contributed by atoms with Crippen molar-refractivity contribution in [3.8, 4) is 0 Å². The highest BCUT2D eigenvalue weighted by molar-refractivity contribution is 6.23. The topological polar surface area (TPSA) is 192 Å². The van der Waals surface area contributed by atoms with Crippen LogP contribution in [0.2, 0.25) is 0 Å². The Kier molecular flexibility index (Phi) is 14.1. The number of ketones is 2. The number of hydrogen-bond donors (Lipinski definition) is 7. The predicted molar refractivity (Wildman–Crippen MR) is 213 cm³/mol. The van der Waals surface area contributed by atoms with Gasteiger partial charge in [0.25, 0.3) is 5.60 Å². The highest BCUT2D eigenvalue weighted by atomic mass is 16.7. The van der Waals surface area contributed by atoms with E-state index in [4.69, 9.17) is 15.2 Å². The first kappa shape index (κ1) is 41.7. The minimum atomic E-state index is -1.95. The number of piperidine rings is 1. The smallest absolute Gasteiger partial charge is 0.350 e. The lowest BCUT2D eigenvalue weighted by molar-refractivity contribution is -0.166. The number of epoxide rings is 1. The Morgan fingerprint density at radius 2 is 1.95 bits per heavy atom. The third-order valence-electron chi connectivity index (χ3n) is 13.4. The Hall–Kier alpha value is -2.94. The van der Waals surface area contributed by atoms with Crippen molar-refractivity contribution in [1.82, 2.24) is 26.6 Å². The number of nitrogens with zero attached hydrogens (tertiary/aromatic N) is 1. The maximum Gasteiger partial charge on any atom is 0.350 e. The van der Waals surface area contributed by atoms with E-state index in [1.807, 2.05) is 20.0 Å². The minimum absolute atomic E-state index is 0.0126. The van der Waals surface area contributed by atoms with Gasteiger partial charge < -0.3 is 41.6 Å². The van der Waals surface area contributed by atoms with Crippen LogP contribution in [0.3, 0.4) is 0 Å². The van der Waals surface area contributed by atoms with Crippen molar-refractivity contribution in [2.24, 2.45) is 40.3 Å². The van der Waals surface area contributed by atoms with Crippen LogP contribution in [0.25, 0.3) is 0 Å².